The van der Waals surface area contributed by atoms with Crippen LogP contribution in [-0.4, -0.2) is 23.1 Å². The molecule has 0 aromatic rings. The quantitative estimate of drug-likeness (QED) is 0.276. The predicted octanol–water partition coefficient (Wildman–Crippen LogP) is 5.04. The van der Waals surface area contributed by atoms with Crippen LogP contribution in [0.15, 0.2) is 24.3 Å². The van der Waals surface area contributed by atoms with Crippen LogP contribution in [0.1, 0.15) is 78.1 Å². The van der Waals surface area contributed by atoms with Gasteiger partial charge in [0.05, 0.1) is 0 Å². The number of ether oxygens (including phenoxy) is 1. The van der Waals surface area contributed by atoms with Gasteiger partial charge in [0.25, 0.3) is 0 Å². The standard InChI is InChI=1S/C19H32O4/c1-3-4-5-6-7-8-9-10-11-12-13-14-15-16-18(20)23-17(2)19(21)22/h5-6,8-9,17H,3-4,7,10-16H2,1-2H3,(H,21,22)/b6-5-,9-8-. The molecule has 0 aromatic carbocycles. The molecular formula is C19H32O4. The number of carboxylic acid groups (broad SMARTS) is 1. The fraction of sp³-hybridized carbons (Fsp3) is 0.684. The SMILES string of the molecule is CCC/C=C\C/C=C\CCCCCCCC(=O)OC(C)C(=O)O. The van der Waals surface area contributed by atoms with Gasteiger partial charge in [0.2, 0.25) is 0 Å². The molecule has 4 heteroatoms. The molecule has 0 rings (SSSR count). The summed E-state index contributed by atoms with van der Waals surface area (Å²) >= 11 is 0. The first-order chi connectivity index (χ1) is 11.1. The third kappa shape index (κ3) is 15.1. The van der Waals surface area contributed by atoms with Gasteiger partial charge in [-0.1, -0.05) is 56.9 Å². The molecule has 4 nitrogen and oxygen atoms in total. The predicted molar refractivity (Wildman–Crippen MR) is 93.3 cm³/mol. The number of hydrogen-bond donors (Lipinski definition) is 1. The lowest BCUT2D eigenvalue weighted by Crippen LogP contribution is -2.23. The van der Waals surface area contributed by atoms with Gasteiger partial charge >= 0.3 is 11.9 Å². The summed E-state index contributed by atoms with van der Waals surface area (Å²) in [6.45, 7) is 3.55. The Morgan fingerprint density at radius 2 is 1.57 bits per heavy atom. The third-order valence-corrected chi connectivity index (χ3v) is 3.47. The maximum absolute atomic E-state index is 11.4. The molecule has 0 radical (unpaired) electrons. The number of unbranched alkanes of at least 4 members (excludes halogenated alkanes) is 6. The highest BCUT2D eigenvalue weighted by molar-refractivity contribution is 5.77. The number of hydrogen-bond acceptors (Lipinski definition) is 3. The first-order valence-electron chi connectivity index (χ1n) is 8.80. The van der Waals surface area contributed by atoms with Crippen molar-refractivity contribution in [2.45, 2.75) is 84.2 Å². The van der Waals surface area contributed by atoms with Crippen LogP contribution < -0.4 is 0 Å². The van der Waals surface area contributed by atoms with Crippen LogP contribution in [-0.2, 0) is 14.3 Å². The van der Waals surface area contributed by atoms with Crippen molar-refractivity contribution in [1.82, 2.24) is 0 Å². The van der Waals surface area contributed by atoms with Crippen molar-refractivity contribution in [2.24, 2.45) is 0 Å². The molecule has 23 heavy (non-hydrogen) atoms. The zero-order valence-corrected chi connectivity index (χ0v) is 14.6. The smallest absolute Gasteiger partial charge is 0.344 e. The first-order valence-corrected chi connectivity index (χ1v) is 8.80. The molecule has 0 aliphatic heterocycles. The van der Waals surface area contributed by atoms with Crippen molar-refractivity contribution in [3.63, 3.8) is 0 Å². The molecule has 1 atom stereocenters. The van der Waals surface area contributed by atoms with Gasteiger partial charge < -0.3 is 9.84 Å². The average Bonchev–Trinajstić information content (AvgIpc) is 2.51. The monoisotopic (exact) mass is 324 g/mol. The van der Waals surface area contributed by atoms with E-state index < -0.39 is 18.0 Å². The lowest BCUT2D eigenvalue weighted by molar-refractivity contribution is -0.162. The second kappa shape index (κ2) is 15.3. The van der Waals surface area contributed by atoms with Gasteiger partial charge in [0, 0.05) is 6.42 Å². The van der Waals surface area contributed by atoms with Crippen LogP contribution in [0.2, 0.25) is 0 Å². The van der Waals surface area contributed by atoms with Gasteiger partial charge in [-0.3, -0.25) is 4.79 Å². The van der Waals surface area contributed by atoms with Gasteiger partial charge in [-0.15, -0.1) is 0 Å². The Bertz CT molecular complexity index is 372. The average molecular weight is 324 g/mol. The summed E-state index contributed by atoms with van der Waals surface area (Å²) in [6, 6.07) is 0. The van der Waals surface area contributed by atoms with E-state index in [4.69, 9.17) is 9.84 Å². The molecule has 1 N–H and O–H groups in total. The van der Waals surface area contributed by atoms with Crippen molar-refractivity contribution in [1.29, 1.82) is 0 Å². The number of carbonyl (C=O) groups excluding carboxylic acids is 1. The summed E-state index contributed by atoms with van der Waals surface area (Å²) in [5.74, 6) is -1.52. The fourth-order valence-corrected chi connectivity index (χ4v) is 2.04. The van der Waals surface area contributed by atoms with Crippen LogP contribution in [0, 0.1) is 0 Å². The van der Waals surface area contributed by atoms with Crippen LogP contribution in [0.5, 0.6) is 0 Å². The molecule has 0 aromatic heterocycles. The Morgan fingerprint density at radius 1 is 0.957 bits per heavy atom. The summed E-state index contributed by atoms with van der Waals surface area (Å²) in [6.07, 6.45) is 17.8. The Labute approximate surface area is 140 Å². The van der Waals surface area contributed by atoms with Gasteiger partial charge in [-0.05, 0) is 39.0 Å². The minimum Gasteiger partial charge on any atom is -0.479 e. The fourth-order valence-electron chi connectivity index (χ4n) is 2.04. The van der Waals surface area contributed by atoms with E-state index in [9.17, 15) is 9.59 Å². The molecule has 0 saturated carbocycles. The van der Waals surface area contributed by atoms with E-state index in [-0.39, 0.29) is 0 Å². The van der Waals surface area contributed by atoms with Crippen molar-refractivity contribution in [3.05, 3.63) is 24.3 Å². The number of carboxylic acids is 1. The number of esters is 1. The van der Waals surface area contributed by atoms with E-state index in [1.807, 2.05) is 0 Å². The zero-order valence-electron chi connectivity index (χ0n) is 14.6. The Balaban J connectivity index is 3.38. The molecule has 0 spiro atoms. The molecule has 0 aliphatic carbocycles. The zero-order chi connectivity index (χ0) is 17.3. The highest BCUT2D eigenvalue weighted by atomic mass is 16.6. The van der Waals surface area contributed by atoms with Gasteiger partial charge in [0.15, 0.2) is 6.10 Å². The van der Waals surface area contributed by atoms with Gasteiger partial charge in [0.1, 0.15) is 0 Å². The largest absolute Gasteiger partial charge is 0.479 e. The maximum Gasteiger partial charge on any atom is 0.344 e. The van der Waals surface area contributed by atoms with Crippen molar-refractivity contribution >= 4 is 11.9 Å². The lowest BCUT2D eigenvalue weighted by Gasteiger charge is -2.08. The van der Waals surface area contributed by atoms with Gasteiger partial charge in [-0.2, -0.15) is 0 Å². The van der Waals surface area contributed by atoms with Crippen LogP contribution in [0.4, 0.5) is 0 Å². The van der Waals surface area contributed by atoms with E-state index >= 15 is 0 Å². The van der Waals surface area contributed by atoms with E-state index in [0.717, 1.165) is 44.9 Å². The number of allylic oxidation sites excluding steroid dienone is 4. The van der Waals surface area contributed by atoms with E-state index in [1.165, 1.54) is 19.8 Å². The van der Waals surface area contributed by atoms with Crippen molar-refractivity contribution in [2.75, 3.05) is 0 Å². The lowest BCUT2D eigenvalue weighted by atomic mass is 10.1. The topological polar surface area (TPSA) is 63.6 Å². The summed E-state index contributed by atoms with van der Waals surface area (Å²) < 4.78 is 4.77. The molecule has 0 heterocycles. The summed E-state index contributed by atoms with van der Waals surface area (Å²) in [5.41, 5.74) is 0. The Hall–Kier alpha value is -1.58. The minimum atomic E-state index is -1.10. The number of carbonyl (C=O) groups is 2. The first kappa shape index (κ1) is 21.4. The molecule has 0 saturated heterocycles. The van der Waals surface area contributed by atoms with E-state index in [0.29, 0.717) is 6.42 Å². The Morgan fingerprint density at radius 3 is 2.22 bits per heavy atom. The number of rotatable bonds is 14. The molecule has 1 unspecified atom stereocenters. The van der Waals surface area contributed by atoms with Crippen molar-refractivity contribution < 1.29 is 19.4 Å². The highest BCUT2D eigenvalue weighted by Crippen LogP contribution is 2.09. The molecule has 0 amide bonds. The van der Waals surface area contributed by atoms with Crippen LogP contribution in [0.25, 0.3) is 0 Å². The molecule has 132 valence electrons. The Kier molecular flexibility index (Phi) is 14.3. The molecule has 0 bridgehead atoms. The normalized spacial score (nSPS) is 12.8. The maximum atomic E-state index is 11.4. The summed E-state index contributed by atoms with van der Waals surface area (Å²) in [5, 5.41) is 8.63. The molecular weight excluding hydrogens is 292 g/mol. The van der Waals surface area contributed by atoms with Gasteiger partial charge in [-0.25, -0.2) is 4.79 Å². The minimum absolute atomic E-state index is 0.307. The van der Waals surface area contributed by atoms with Crippen molar-refractivity contribution in [3.8, 4) is 0 Å². The highest BCUT2D eigenvalue weighted by Gasteiger charge is 2.15. The second-order valence-electron chi connectivity index (χ2n) is 5.74. The molecule has 0 fully saturated rings. The van der Waals surface area contributed by atoms with E-state index in [2.05, 4.69) is 31.2 Å². The van der Waals surface area contributed by atoms with Crippen LogP contribution in [0.3, 0.4) is 0 Å². The molecule has 0 aliphatic rings. The second-order valence-corrected chi connectivity index (χ2v) is 5.74. The summed E-state index contributed by atoms with van der Waals surface area (Å²) in [4.78, 5) is 21.9. The van der Waals surface area contributed by atoms with E-state index in [1.54, 1.807) is 0 Å². The third-order valence-electron chi connectivity index (χ3n) is 3.47. The summed E-state index contributed by atoms with van der Waals surface area (Å²) in [7, 11) is 0. The van der Waals surface area contributed by atoms with Crippen LogP contribution >= 0.6 is 0 Å². The number of aliphatic carboxylic acids is 1.